The van der Waals surface area contributed by atoms with E-state index in [0.29, 0.717) is 0 Å². The zero-order chi connectivity index (χ0) is 11.9. The average Bonchev–Trinajstić information content (AvgIpc) is 2.11. The predicted octanol–water partition coefficient (Wildman–Crippen LogP) is -1.28. The van der Waals surface area contributed by atoms with E-state index in [-0.39, 0.29) is 6.61 Å². The molecule has 1 atom stereocenters. The van der Waals surface area contributed by atoms with Crippen molar-refractivity contribution in [1.29, 1.82) is 0 Å². The van der Waals surface area contributed by atoms with Crippen molar-refractivity contribution in [3.05, 3.63) is 12.2 Å². The van der Waals surface area contributed by atoms with Gasteiger partial charge >= 0.3 is 16.1 Å². The SMILES string of the molecule is CC(=O)OOS(=O)(=O)CC(O)/C=C/CO. The topological polar surface area (TPSA) is 110 Å². The molecule has 0 spiro atoms. The zero-order valence-corrected chi connectivity index (χ0v) is 8.81. The highest BCUT2D eigenvalue weighted by Gasteiger charge is 2.18. The molecule has 88 valence electrons. The van der Waals surface area contributed by atoms with Gasteiger partial charge in [-0.25, -0.2) is 4.79 Å². The summed E-state index contributed by atoms with van der Waals surface area (Å²) in [6, 6.07) is 0. The van der Waals surface area contributed by atoms with Crippen LogP contribution in [-0.4, -0.2) is 43.1 Å². The summed E-state index contributed by atoms with van der Waals surface area (Å²) < 4.78 is 25.7. The average molecular weight is 240 g/mol. The van der Waals surface area contributed by atoms with Crippen molar-refractivity contribution < 1.29 is 32.6 Å². The van der Waals surface area contributed by atoms with Gasteiger partial charge in [0.25, 0.3) is 0 Å². The maximum atomic E-state index is 11.0. The smallest absolute Gasteiger partial charge is 0.340 e. The fraction of sp³-hybridized carbons (Fsp3) is 0.571. The lowest BCUT2D eigenvalue weighted by molar-refractivity contribution is -0.208. The second-order valence-corrected chi connectivity index (χ2v) is 4.13. The van der Waals surface area contributed by atoms with Gasteiger partial charge in [-0.1, -0.05) is 16.5 Å². The Bertz CT molecular complexity index is 318. The number of hydrogen-bond donors (Lipinski definition) is 2. The number of aliphatic hydroxyl groups excluding tert-OH is 2. The molecule has 0 aromatic carbocycles. The van der Waals surface area contributed by atoms with Crippen LogP contribution in [0.1, 0.15) is 6.92 Å². The van der Waals surface area contributed by atoms with E-state index in [0.717, 1.165) is 13.0 Å². The van der Waals surface area contributed by atoms with Gasteiger partial charge in [0.1, 0.15) is 5.75 Å². The van der Waals surface area contributed by atoms with Gasteiger partial charge in [-0.2, -0.15) is 8.42 Å². The Hall–Kier alpha value is -0.960. The molecule has 1 unspecified atom stereocenters. The fourth-order valence-electron chi connectivity index (χ4n) is 0.610. The van der Waals surface area contributed by atoms with Gasteiger partial charge in [0, 0.05) is 6.92 Å². The molecule has 8 heteroatoms. The minimum absolute atomic E-state index is 0.318. The predicted molar refractivity (Wildman–Crippen MR) is 48.9 cm³/mol. The number of rotatable bonds is 6. The quantitative estimate of drug-likeness (QED) is 0.338. The highest BCUT2D eigenvalue weighted by molar-refractivity contribution is 7.86. The van der Waals surface area contributed by atoms with Crippen molar-refractivity contribution in [1.82, 2.24) is 0 Å². The van der Waals surface area contributed by atoms with Crippen LogP contribution in [0.3, 0.4) is 0 Å². The van der Waals surface area contributed by atoms with E-state index >= 15 is 0 Å². The first-order chi connectivity index (χ1) is 6.87. The van der Waals surface area contributed by atoms with Crippen LogP contribution < -0.4 is 0 Å². The minimum atomic E-state index is -4.13. The molecule has 0 saturated heterocycles. The lowest BCUT2D eigenvalue weighted by Gasteiger charge is -2.05. The van der Waals surface area contributed by atoms with Crippen LogP contribution >= 0.6 is 0 Å². The first-order valence-corrected chi connectivity index (χ1v) is 5.50. The Balaban J connectivity index is 4.13. The van der Waals surface area contributed by atoms with Crippen LogP contribution in [0.4, 0.5) is 0 Å². The Morgan fingerprint density at radius 3 is 2.60 bits per heavy atom. The molecule has 7 nitrogen and oxygen atoms in total. The molecule has 0 aromatic rings. The molecule has 0 bridgehead atoms. The number of carbonyl (C=O) groups excluding carboxylic acids is 1. The lowest BCUT2D eigenvalue weighted by atomic mass is 10.4. The van der Waals surface area contributed by atoms with Crippen LogP contribution in [0, 0.1) is 0 Å². The molecule has 0 aliphatic heterocycles. The summed E-state index contributed by atoms with van der Waals surface area (Å²) in [7, 11) is -4.13. The normalized spacial score (nSPS) is 14.1. The first-order valence-electron chi connectivity index (χ1n) is 3.92. The molecule has 0 aliphatic carbocycles. The van der Waals surface area contributed by atoms with E-state index in [2.05, 4.69) is 9.22 Å². The van der Waals surface area contributed by atoms with Crippen molar-refractivity contribution >= 4 is 16.1 Å². The summed E-state index contributed by atoms with van der Waals surface area (Å²) in [6.07, 6.45) is 0.915. The number of hydrogen-bond acceptors (Lipinski definition) is 7. The Morgan fingerprint density at radius 2 is 2.13 bits per heavy atom. The molecule has 0 saturated carbocycles. The van der Waals surface area contributed by atoms with E-state index in [9.17, 15) is 13.2 Å². The molecule has 0 aliphatic rings. The van der Waals surface area contributed by atoms with E-state index in [4.69, 9.17) is 10.2 Å². The van der Waals surface area contributed by atoms with Crippen molar-refractivity contribution in [2.75, 3.05) is 12.4 Å². The molecule has 15 heavy (non-hydrogen) atoms. The Morgan fingerprint density at radius 1 is 1.53 bits per heavy atom. The van der Waals surface area contributed by atoms with Gasteiger partial charge in [-0.3, -0.25) is 4.89 Å². The second-order valence-electron chi connectivity index (χ2n) is 2.55. The second kappa shape index (κ2) is 6.51. The molecule has 0 heterocycles. The summed E-state index contributed by atoms with van der Waals surface area (Å²) in [5.41, 5.74) is 0. The van der Waals surface area contributed by atoms with Gasteiger partial charge in [-0.15, -0.1) is 0 Å². The third kappa shape index (κ3) is 8.06. The maximum absolute atomic E-state index is 11.0. The summed E-state index contributed by atoms with van der Waals surface area (Å²) in [5.74, 6) is -1.68. The molecular weight excluding hydrogens is 228 g/mol. The summed E-state index contributed by atoms with van der Waals surface area (Å²) in [5, 5.41) is 17.4. The summed E-state index contributed by atoms with van der Waals surface area (Å²) in [6.45, 7) is 0.652. The Kier molecular flexibility index (Phi) is 6.09. The van der Waals surface area contributed by atoms with Gasteiger partial charge in [0.15, 0.2) is 0 Å². The third-order valence-electron chi connectivity index (χ3n) is 1.09. The molecule has 2 N–H and O–H groups in total. The minimum Gasteiger partial charge on any atom is -0.392 e. The molecule has 0 amide bonds. The Labute approximate surface area is 87.0 Å². The standard InChI is InChI=1S/C7H12O7S/c1-6(9)13-14-15(11,12)5-7(10)3-2-4-8/h2-3,7-8,10H,4-5H2,1H3/b3-2+. The summed E-state index contributed by atoms with van der Waals surface area (Å²) >= 11 is 0. The third-order valence-corrected chi connectivity index (χ3v) is 2.12. The van der Waals surface area contributed by atoms with Crippen molar-refractivity contribution in [3.63, 3.8) is 0 Å². The van der Waals surface area contributed by atoms with E-state index in [1.54, 1.807) is 0 Å². The zero-order valence-electron chi connectivity index (χ0n) is 7.99. The van der Waals surface area contributed by atoms with Gasteiger partial charge in [0.05, 0.1) is 12.7 Å². The van der Waals surface area contributed by atoms with Crippen LogP contribution in [0.15, 0.2) is 12.2 Å². The monoisotopic (exact) mass is 240 g/mol. The van der Waals surface area contributed by atoms with E-state index in [1.165, 1.54) is 6.08 Å². The van der Waals surface area contributed by atoms with Gasteiger partial charge in [0.2, 0.25) is 0 Å². The molecule has 0 aromatic heterocycles. The largest absolute Gasteiger partial charge is 0.392 e. The van der Waals surface area contributed by atoms with E-state index < -0.39 is 27.9 Å². The molecule has 0 radical (unpaired) electrons. The van der Waals surface area contributed by atoms with Crippen LogP contribution in [-0.2, 0) is 24.1 Å². The van der Waals surface area contributed by atoms with Crippen LogP contribution in [0.5, 0.6) is 0 Å². The molecule has 0 fully saturated rings. The lowest BCUT2D eigenvalue weighted by Crippen LogP contribution is -2.22. The van der Waals surface area contributed by atoms with E-state index in [1.807, 2.05) is 0 Å². The number of carbonyl (C=O) groups is 1. The van der Waals surface area contributed by atoms with Crippen molar-refractivity contribution in [3.8, 4) is 0 Å². The highest BCUT2D eigenvalue weighted by atomic mass is 32.2. The number of aliphatic hydroxyl groups is 2. The van der Waals surface area contributed by atoms with Crippen LogP contribution in [0.2, 0.25) is 0 Å². The van der Waals surface area contributed by atoms with Crippen molar-refractivity contribution in [2.24, 2.45) is 0 Å². The summed E-state index contributed by atoms with van der Waals surface area (Å²) in [4.78, 5) is 14.0. The van der Waals surface area contributed by atoms with Crippen molar-refractivity contribution in [2.45, 2.75) is 13.0 Å². The van der Waals surface area contributed by atoms with Gasteiger partial charge < -0.3 is 10.2 Å². The van der Waals surface area contributed by atoms with Crippen LogP contribution in [0.25, 0.3) is 0 Å². The fourth-order valence-corrected chi connectivity index (χ4v) is 1.39. The maximum Gasteiger partial charge on any atom is 0.340 e. The molecular formula is C7H12O7S. The first kappa shape index (κ1) is 14.0. The van der Waals surface area contributed by atoms with Gasteiger partial charge in [-0.05, 0) is 0 Å². The molecule has 0 rings (SSSR count). The highest BCUT2D eigenvalue weighted by Crippen LogP contribution is 1.99.